The molecule has 0 spiro atoms. The first kappa shape index (κ1) is 18.8. The van der Waals surface area contributed by atoms with E-state index in [2.05, 4.69) is 15.4 Å². The predicted molar refractivity (Wildman–Crippen MR) is 122 cm³/mol. The lowest BCUT2D eigenvalue weighted by Crippen LogP contribution is -2.26. The zero-order valence-electron chi connectivity index (χ0n) is 16.7. The summed E-state index contributed by atoms with van der Waals surface area (Å²) in [5.41, 5.74) is 3.08. The van der Waals surface area contributed by atoms with Gasteiger partial charge >= 0.3 is 0 Å². The van der Waals surface area contributed by atoms with Gasteiger partial charge in [-0.15, -0.1) is 0 Å². The minimum atomic E-state index is -0.184. The van der Waals surface area contributed by atoms with Gasteiger partial charge in [0.1, 0.15) is 0 Å². The Morgan fingerprint density at radius 1 is 0.871 bits per heavy atom. The minimum absolute atomic E-state index is 0.0659. The molecule has 1 amide bonds. The number of hydrogen-bond acceptors (Lipinski definition) is 3. The molecule has 0 saturated heterocycles. The Hall–Kier alpha value is -4.19. The second-order valence-electron chi connectivity index (χ2n) is 7.41. The van der Waals surface area contributed by atoms with Crippen molar-refractivity contribution < 1.29 is 4.79 Å². The molecule has 2 heterocycles. The Bertz CT molecular complexity index is 1450. The van der Waals surface area contributed by atoms with E-state index in [4.69, 9.17) is 0 Å². The average Bonchev–Trinajstić information content (AvgIpc) is 3.28. The fraction of sp³-hybridized carbons (Fsp3) is 0.0800. The second-order valence-corrected chi connectivity index (χ2v) is 7.41. The van der Waals surface area contributed by atoms with Gasteiger partial charge in [-0.1, -0.05) is 54.6 Å². The first-order valence-corrected chi connectivity index (χ1v) is 10.1. The second kappa shape index (κ2) is 7.91. The Labute approximate surface area is 178 Å². The van der Waals surface area contributed by atoms with Crippen LogP contribution >= 0.6 is 0 Å². The number of rotatable bonds is 5. The molecular formula is C25H20N4O2. The van der Waals surface area contributed by atoms with Gasteiger partial charge in [0.05, 0.1) is 29.7 Å². The maximum atomic E-state index is 13.0. The Morgan fingerprint density at radius 3 is 2.48 bits per heavy atom. The fourth-order valence-corrected chi connectivity index (χ4v) is 3.84. The molecule has 31 heavy (non-hydrogen) atoms. The van der Waals surface area contributed by atoms with Crippen LogP contribution < -0.4 is 10.9 Å². The number of nitrogens with one attached hydrogen (secondary N) is 2. The highest BCUT2D eigenvalue weighted by Crippen LogP contribution is 2.22. The number of carbonyl (C=O) groups excluding carboxylic acids is 1. The van der Waals surface area contributed by atoms with E-state index in [0.29, 0.717) is 23.0 Å². The first-order valence-electron chi connectivity index (χ1n) is 10.1. The summed E-state index contributed by atoms with van der Waals surface area (Å²) < 4.78 is 1.44. The van der Waals surface area contributed by atoms with Crippen LogP contribution in [0, 0.1) is 0 Å². The van der Waals surface area contributed by atoms with Gasteiger partial charge in [-0.3, -0.25) is 9.59 Å². The smallest absolute Gasteiger partial charge is 0.274 e. The number of benzene rings is 3. The van der Waals surface area contributed by atoms with Gasteiger partial charge in [-0.05, 0) is 29.8 Å². The van der Waals surface area contributed by atoms with Crippen LogP contribution in [-0.4, -0.2) is 20.7 Å². The van der Waals surface area contributed by atoms with Crippen molar-refractivity contribution in [3.05, 3.63) is 107 Å². The van der Waals surface area contributed by atoms with E-state index in [1.165, 1.54) is 4.68 Å². The SMILES string of the molecule is O=C(Cc1nn(Cc2ccccc2)c(=O)c2ccccc12)Nc1cccc2[nH]ccc12. The molecule has 6 heteroatoms. The number of carbonyl (C=O) groups is 1. The largest absolute Gasteiger partial charge is 0.361 e. The number of H-pyrrole nitrogens is 1. The zero-order chi connectivity index (χ0) is 21.2. The van der Waals surface area contributed by atoms with E-state index < -0.39 is 0 Å². The van der Waals surface area contributed by atoms with Crippen molar-refractivity contribution in [2.75, 3.05) is 5.32 Å². The maximum absolute atomic E-state index is 13.0. The Kier molecular flexibility index (Phi) is 4.80. The lowest BCUT2D eigenvalue weighted by Gasteiger charge is -2.12. The van der Waals surface area contributed by atoms with Crippen LogP contribution in [0.4, 0.5) is 5.69 Å². The Morgan fingerprint density at radius 2 is 1.65 bits per heavy atom. The average molecular weight is 408 g/mol. The summed E-state index contributed by atoms with van der Waals surface area (Å²) >= 11 is 0. The van der Waals surface area contributed by atoms with E-state index in [1.807, 2.05) is 79.0 Å². The van der Waals surface area contributed by atoms with Crippen LogP contribution in [0.25, 0.3) is 21.7 Å². The number of anilines is 1. The van der Waals surface area contributed by atoms with Gasteiger partial charge < -0.3 is 10.3 Å². The number of fused-ring (bicyclic) bond motifs is 2. The van der Waals surface area contributed by atoms with Gasteiger partial charge in [0.25, 0.3) is 5.56 Å². The quantitative estimate of drug-likeness (QED) is 0.459. The number of hydrogen-bond donors (Lipinski definition) is 2. The van der Waals surface area contributed by atoms with E-state index in [-0.39, 0.29) is 17.9 Å². The molecule has 152 valence electrons. The first-order chi connectivity index (χ1) is 15.2. The summed E-state index contributed by atoms with van der Waals surface area (Å²) in [5.74, 6) is -0.184. The third-order valence-electron chi connectivity index (χ3n) is 5.32. The standard InChI is InChI=1S/C25H20N4O2/c30-24(27-22-12-6-11-21-20(22)13-14-26-21)15-23-18-9-4-5-10-19(18)25(31)29(28-23)16-17-7-2-1-3-8-17/h1-14,26H,15-16H2,(H,27,30). The highest BCUT2D eigenvalue weighted by molar-refractivity contribution is 6.02. The van der Waals surface area contributed by atoms with Gasteiger partial charge in [-0.25, -0.2) is 4.68 Å². The minimum Gasteiger partial charge on any atom is -0.361 e. The summed E-state index contributed by atoms with van der Waals surface area (Å²) in [5, 5.41) is 9.76. The van der Waals surface area contributed by atoms with Crippen molar-refractivity contribution in [1.82, 2.24) is 14.8 Å². The highest BCUT2D eigenvalue weighted by Gasteiger charge is 2.15. The van der Waals surface area contributed by atoms with Gasteiger partial charge in [0.2, 0.25) is 5.91 Å². The predicted octanol–water partition coefficient (Wildman–Crippen LogP) is 4.11. The van der Waals surface area contributed by atoms with Crippen molar-refractivity contribution in [2.24, 2.45) is 0 Å². The highest BCUT2D eigenvalue weighted by atomic mass is 16.1. The molecule has 2 N–H and O–H groups in total. The van der Waals surface area contributed by atoms with E-state index in [0.717, 1.165) is 22.2 Å². The summed E-state index contributed by atoms with van der Waals surface area (Å²) in [6, 6.07) is 24.6. The molecule has 0 unspecified atom stereocenters. The Balaban J connectivity index is 1.50. The fourth-order valence-electron chi connectivity index (χ4n) is 3.84. The topological polar surface area (TPSA) is 79.8 Å². The normalized spacial score (nSPS) is 11.1. The van der Waals surface area contributed by atoms with E-state index in [1.54, 1.807) is 6.07 Å². The van der Waals surface area contributed by atoms with Gasteiger partial charge in [-0.2, -0.15) is 5.10 Å². The van der Waals surface area contributed by atoms with Crippen molar-refractivity contribution in [3.63, 3.8) is 0 Å². The summed E-state index contributed by atoms with van der Waals surface area (Å²) in [6.07, 6.45) is 1.91. The molecule has 0 radical (unpaired) electrons. The molecule has 6 nitrogen and oxygen atoms in total. The third kappa shape index (κ3) is 3.71. The summed E-state index contributed by atoms with van der Waals surface area (Å²) in [6.45, 7) is 0.349. The molecule has 0 bridgehead atoms. The van der Waals surface area contributed by atoms with Crippen molar-refractivity contribution in [1.29, 1.82) is 0 Å². The van der Waals surface area contributed by atoms with Crippen LogP contribution in [0.5, 0.6) is 0 Å². The van der Waals surface area contributed by atoms with Crippen molar-refractivity contribution in [2.45, 2.75) is 13.0 Å². The number of aromatic amines is 1. The zero-order valence-corrected chi connectivity index (χ0v) is 16.7. The molecule has 2 aromatic heterocycles. The number of nitrogens with zero attached hydrogens (tertiary/aromatic N) is 2. The molecule has 3 aromatic carbocycles. The van der Waals surface area contributed by atoms with Crippen LogP contribution in [0.1, 0.15) is 11.3 Å². The van der Waals surface area contributed by atoms with Crippen LogP contribution in [0.2, 0.25) is 0 Å². The van der Waals surface area contributed by atoms with E-state index >= 15 is 0 Å². The lowest BCUT2D eigenvalue weighted by molar-refractivity contribution is -0.115. The number of aromatic nitrogens is 3. The molecule has 5 aromatic rings. The maximum Gasteiger partial charge on any atom is 0.274 e. The molecule has 5 rings (SSSR count). The number of amides is 1. The lowest BCUT2D eigenvalue weighted by atomic mass is 10.1. The molecule has 0 aliphatic carbocycles. The molecule has 0 atom stereocenters. The monoisotopic (exact) mass is 408 g/mol. The van der Waals surface area contributed by atoms with Crippen LogP contribution in [-0.2, 0) is 17.8 Å². The molecule has 0 aliphatic rings. The molecule has 0 aliphatic heterocycles. The molecule has 0 fully saturated rings. The third-order valence-corrected chi connectivity index (χ3v) is 5.32. The van der Waals surface area contributed by atoms with Gasteiger partial charge in [0.15, 0.2) is 0 Å². The van der Waals surface area contributed by atoms with Crippen LogP contribution in [0.15, 0.2) is 89.9 Å². The molecular weight excluding hydrogens is 388 g/mol. The summed E-state index contributed by atoms with van der Waals surface area (Å²) in [7, 11) is 0. The summed E-state index contributed by atoms with van der Waals surface area (Å²) in [4.78, 5) is 29.0. The van der Waals surface area contributed by atoms with Crippen molar-refractivity contribution in [3.8, 4) is 0 Å². The van der Waals surface area contributed by atoms with E-state index in [9.17, 15) is 9.59 Å². The van der Waals surface area contributed by atoms with Crippen LogP contribution in [0.3, 0.4) is 0 Å². The molecule has 0 saturated carbocycles. The van der Waals surface area contributed by atoms with Gasteiger partial charge in [0, 0.05) is 22.5 Å². The van der Waals surface area contributed by atoms with Crippen molar-refractivity contribution >= 4 is 33.3 Å².